The number of amides is 1. The number of carboxylic acid groups (broad SMARTS) is 1. The molecule has 0 aliphatic carbocycles. The van der Waals surface area contributed by atoms with E-state index >= 15 is 0 Å². The molecule has 10 nitrogen and oxygen atoms in total. The van der Waals surface area contributed by atoms with Crippen LogP contribution in [0.1, 0.15) is 33.2 Å². The number of rotatable bonds is 4. The number of aromatic nitrogens is 2. The van der Waals surface area contributed by atoms with Gasteiger partial charge in [-0.1, -0.05) is 0 Å². The van der Waals surface area contributed by atoms with Crippen LogP contribution >= 0.6 is 0 Å². The fourth-order valence-corrected chi connectivity index (χ4v) is 3.06. The number of nitro benzene ring substituents is 1. The summed E-state index contributed by atoms with van der Waals surface area (Å²) in [5.41, 5.74) is -0.777. The van der Waals surface area contributed by atoms with E-state index in [1.165, 1.54) is 4.90 Å². The number of hydrogen-bond acceptors (Lipinski definition) is 6. The van der Waals surface area contributed by atoms with E-state index in [1.54, 1.807) is 24.1 Å². The molecule has 2 aromatic rings. The molecule has 1 N–H and O–H groups in total. The highest BCUT2D eigenvalue weighted by atomic mass is 16.6. The van der Waals surface area contributed by atoms with Crippen molar-refractivity contribution in [2.45, 2.75) is 12.5 Å². The molecular formula is C17H18N4O6. The molecule has 10 heteroatoms. The number of nitrogens with zero attached hydrogens (tertiary/aromatic N) is 4. The molecule has 1 saturated heterocycles. The van der Waals surface area contributed by atoms with Gasteiger partial charge in [-0.05, 0) is 13.0 Å². The van der Waals surface area contributed by atoms with E-state index in [9.17, 15) is 19.7 Å². The van der Waals surface area contributed by atoms with E-state index in [2.05, 4.69) is 5.10 Å². The fraction of sp³-hybridized carbons (Fsp3) is 0.353. The molecule has 1 unspecified atom stereocenters. The Hall–Kier alpha value is -3.27. The Balaban J connectivity index is 1.91. The largest absolute Gasteiger partial charge is 0.478 e. The molecule has 0 bridgehead atoms. The number of ether oxygens (including phenoxy) is 1. The monoisotopic (exact) mass is 374 g/mol. The zero-order chi connectivity index (χ0) is 19.8. The molecule has 1 aromatic heterocycles. The average molecular weight is 374 g/mol. The van der Waals surface area contributed by atoms with E-state index in [4.69, 9.17) is 9.84 Å². The second kappa shape index (κ2) is 6.80. The number of carbonyl (C=O) groups is 2. The molecule has 0 radical (unpaired) electrons. The van der Waals surface area contributed by atoms with E-state index in [-0.39, 0.29) is 24.3 Å². The van der Waals surface area contributed by atoms with Gasteiger partial charge >= 0.3 is 5.97 Å². The Morgan fingerprint density at radius 2 is 2.04 bits per heavy atom. The molecule has 2 heterocycles. The minimum atomic E-state index is -1.34. The molecule has 1 atom stereocenters. The number of non-ortho nitro benzene ring substituents is 1. The molecule has 142 valence electrons. The lowest BCUT2D eigenvalue weighted by Crippen LogP contribution is -2.50. The minimum absolute atomic E-state index is 0.0444. The fourth-order valence-electron chi connectivity index (χ4n) is 3.06. The smallest absolute Gasteiger partial charge is 0.335 e. The third-order valence-electron chi connectivity index (χ3n) is 4.50. The first-order chi connectivity index (χ1) is 12.7. The topological polar surface area (TPSA) is 128 Å². The normalized spacial score (nSPS) is 19.7. The first-order valence-corrected chi connectivity index (χ1v) is 8.15. The Morgan fingerprint density at radius 3 is 2.63 bits per heavy atom. The zero-order valence-electron chi connectivity index (χ0n) is 14.8. The average Bonchev–Trinajstić information content (AvgIpc) is 3.08. The quantitative estimate of drug-likeness (QED) is 0.633. The molecular weight excluding hydrogens is 356 g/mol. The molecule has 3 rings (SSSR count). The van der Waals surface area contributed by atoms with Crippen LogP contribution in [0.25, 0.3) is 0 Å². The van der Waals surface area contributed by atoms with Gasteiger partial charge in [-0.25, -0.2) is 4.79 Å². The Morgan fingerprint density at radius 1 is 1.33 bits per heavy atom. The van der Waals surface area contributed by atoms with Crippen LogP contribution in [-0.4, -0.2) is 56.3 Å². The lowest BCUT2D eigenvalue weighted by molar-refractivity contribution is -0.384. The van der Waals surface area contributed by atoms with Gasteiger partial charge in [0.25, 0.3) is 11.6 Å². The highest BCUT2D eigenvalue weighted by molar-refractivity contribution is 5.98. The highest BCUT2D eigenvalue weighted by Crippen LogP contribution is 2.30. The predicted octanol–water partition coefficient (Wildman–Crippen LogP) is 1.41. The first kappa shape index (κ1) is 18.5. The lowest BCUT2D eigenvalue weighted by atomic mass is 9.96. The summed E-state index contributed by atoms with van der Waals surface area (Å²) in [5, 5.41) is 24.4. The number of morpholine rings is 1. The van der Waals surface area contributed by atoms with Gasteiger partial charge < -0.3 is 14.7 Å². The van der Waals surface area contributed by atoms with Gasteiger partial charge in [0.05, 0.1) is 29.8 Å². The van der Waals surface area contributed by atoms with Crippen LogP contribution in [0.2, 0.25) is 0 Å². The van der Waals surface area contributed by atoms with Gasteiger partial charge in [-0.2, -0.15) is 5.10 Å². The summed E-state index contributed by atoms with van der Waals surface area (Å²) < 4.78 is 7.48. The second-order valence-corrected chi connectivity index (χ2v) is 6.54. The number of carboxylic acids is 1. The highest BCUT2D eigenvalue weighted by Gasteiger charge is 2.37. The molecule has 1 aromatic carbocycles. The first-order valence-electron chi connectivity index (χ1n) is 8.15. The molecule has 0 spiro atoms. The van der Waals surface area contributed by atoms with Crippen molar-refractivity contribution in [2.24, 2.45) is 7.05 Å². The minimum Gasteiger partial charge on any atom is -0.478 e. The van der Waals surface area contributed by atoms with Crippen LogP contribution in [-0.2, 0) is 17.4 Å². The Kier molecular flexibility index (Phi) is 4.66. The number of benzene rings is 1. The van der Waals surface area contributed by atoms with Crippen LogP contribution < -0.4 is 0 Å². The lowest BCUT2D eigenvalue weighted by Gasteiger charge is -2.40. The van der Waals surface area contributed by atoms with Crippen LogP contribution in [0.15, 0.2) is 30.6 Å². The van der Waals surface area contributed by atoms with Crippen LogP contribution in [0.4, 0.5) is 5.69 Å². The maximum absolute atomic E-state index is 12.9. The molecule has 1 aliphatic rings. The summed E-state index contributed by atoms with van der Waals surface area (Å²) in [6.07, 6.45) is 3.45. The van der Waals surface area contributed by atoms with Crippen LogP contribution in [0.3, 0.4) is 0 Å². The summed E-state index contributed by atoms with van der Waals surface area (Å²) in [6.45, 7) is 2.61. The van der Waals surface area contributed by atoms with E-state index in [0.29, 0.717) is 6.54 Å². The molecule has 0 saturated carbocycles. The van der Waals surface area contributed by atoms with Crippen molar-refractivity contribution >= 4 is 17.6 Å². The summed E-state index contributed by atoms with van der Waals surface area (Å²) in [5.74, 6) is -1.82. The number of carbonyl (C=O) groups excluding carboxylic acids is 1. The number of nitro groups is 1. The third-order valence-corrected chi connectivity index (χ3v) is 4.50. The van der Waals surface area contributed by atoms with Gasteiger partial charge in [-0.15, -0.1) is 0 Å². The van der Waals surface area contributed by atoms with Gasteiger partial charge in [0.15, 0.2) is 0 Å². The molecule has 1 amide bonds. The number of hydrogen-bond donors (Lipinski definition) is 1. The van der Waals surface area contributed by atoms with Gasteiger partial charge in [-0.3, -0.25) is 19.6 Å². The van der Waals surface area contributed by atoms with Crippen molar-refractivity contribution < 1.29 is 24.4 Å². The summed E-state index contributed by atoms with van der Waals surface area (Å²) in [4.78, 5) is 36.0. The van der Waals surface area contributed by atoms with Gasteiger partial charge in [0, 0.05) is 43.0 Å². The molecule has 1 aliphatic heterocycles. The number of aromatic carboxylic acids is 1. The van der Waals surface area contributed by atoms with Crippen molar-refractivity contribution in [3.63, 3.8) is 0 Å². The standard InChI is InChI=1S/C17H18N4O6/c1-17(13-8-18-19(2)9-13)10-20(3-4-27-17)15(22)11-5-12(16(23)24)7-14(6-11)21(25)26/h5-9H,3-4,10H2,1-2H3,(H,23,24). The molecule has 27 heavy (non-hydrogen) atoms. The number of aryl methyl sites for hydroxylation is 1. The van der Waals surface area contributed by atoms with Crippen LogP contribution in [0.5, 0.6) is 0 Å². The Bertz CT molecular complexity index is 892. The van der Waals surface area contributed by atoms with E-state index in [0.717, 1.165) is 23.8 Å². The third kappa shape index (κ3) is 3.65. The molecule has 1 fully saturated rings. The van der Waals surface area contributed by atoms with Crippen molar-refractivity contribution in [1.82, 2.24) is 14.7 Å². The van der Waals surface area contributed by atoms with Crippen molar-refractivity contribution in [2.75, 3.05) is 19.7 Å². The van der Waals surface area contributed by atoms with Gasteiger partial charge in [0.1, 0.15) is 5.60 Å². The van der Waals surface area contributed by atoms with Crippen molar-refractivity contribution in [3.8, 4) is 0 Å². The van der Waals surface area contributed by atoms with Crippen LogP contribution in [0, 0.1) is 10.1 Å². The SMILES string of the molecule is Cn1cc(C2(C)CN(C(=O)c3cc(C(=O)O)cc([N+](=O)[O-])c3)CCO2)cn1. The summed E-state index contributed by atoms with van der Waals surface area (Å²) in [7, 11) is 1.77. The second-order valence-electron chi connectivity index (χ2n) is 6.54. The van der Waals surface area contributed by atoms with Crippen molar-refractivity contribution in [3.05, 3.63) is 57.4 Å². The van der Waals surface area contributed by atoms with E-state index < -0.39 is 28.1 Å². The van der Waals surface area contributed by atoms with E-state index in [1.807, 2.05) is 6.92 Å². The summed E-state index contributed by atoms with van der Waals surface area (Å²) >= 11 is 0. The Labute approximate surface area is 154 Å². The maximum atomic E-state index is 12.9. The van der Waals surface area contributed by atoms with Crippen molar-refractivity contribution in [1.29, 1.82) is 0 Å². The zero-order valence-corrected chi connectivity index (χ0v) is 14.8. The maximum Gasteiger partial charge on any atom is 0.335 e. The predicted molar refractivity (Wildman–Crippen MR) is 92.5 cm³/mol. The van der Waals surface area contributed by atoms with Gasteiger partial charge in [0.2, 0.25) is 0 Å². The summed E-state index contributed by atoms with van der Waals surface area (Å²) in [6, 6.07) is 3.17.